The number of allylic oxidation sites excluding steroid dienone is 11. The number of unbranched alkanes of at least 4 members (excludes halogenated alkanes) is 1. The first kappa shape index (κ1) is 48.7. The zero-order valence-electron chi connectivity index (χ0n) is 38.4. The average Bonchev–Trinajstić information content (AvgIpc) is 3.59. The number of hydrogen-bond donors (Lipinski definition) is 3. The van der Waals surface area contributed by atoms with Crippen molar-refractivity contribution in [1.82, 2.24) is 0 Å². The fourth-order valence-corrected chi connectivity index (χ4v) is 12.1. The molecule has 4 fully saturated rings. The highest BCUT2D eigenvalue weighted by molar-refractivity contribution is 5.69. The molecule has 7 nitrogen and oxygen atoms in total. The van der Waals surface area contributed by atoms with E-state index in [-0.39, 0.29) is 30.5 Å². The van der Waals surface area contributed by atoms with Crippen molar-refractivity contribution >= 4 is 5.97 Å². The number of aliphatic hydroxyl groups excluding tert-OH is 3. The quantitative estimate of drug-likeness (QED) is 0.0567. The van der Waals surface area contributed by atoms with E-state index in [0.717, 1.165) is 93.8 Å². The Morgan fingerprint density at radius 1 is 0.800 bits per heavy atom. The van der Waals surface area contributed by atoms with Crippen LogP contribution in [0.4, 0.5) is 0 Å². The zero-order valence-corrected chi connectivity index (χ0v) is 38.4. The van der Waals surface area contributed by atoms with Gasteiger partial charge in [-0.05, 0) is 143 Å². The number of aliphatic hydroxyl groups is 3. The molecular weight excluding hydrogens is 749 g/mol. The molecule has 5 rings (SSSR count). The fourth-order valence-electron chi connectivity index (χ4n) is 12.1. The van der Waals surface area contributed by atoms with E-state index in [1.807, 2.05) is 0 Å². The number of carbonyl (C=O) groups excluding carboxylic acids is 1. The molecule has 60 heavy (non-hydrogen) atoms. The Hall–Kier alpha value is -2.29. The molecule has 0 aromatic carbocycles. The van der Waals surface area contributed by atoms with Crippen LogP contribution in [0.5, 0.6) is 0 Å². The Kier molecular flexibility index (Phi) is 19.5. The predicted octanol–water partition coefficient (Wildman–Crippen LogP) is 11.7. The predicted molar refractivity (Wildman–Crippen MR) is 244 cm³/mol. The minimum atomic E-state index is -1.46. The van der Waals surface area contributed by atoms with Crippen LogP contribution < -0.4 is 0 Å². The first-order chi connectivity index (χ1) is 28.9. The molecule has 1 saturated heterocycles. The Labute approximate surface area is 364 Å². The van der Waals surface area contributed by atoms with Crippen molar-refractivity contribution in [2.45, 2.75) is 200 Å². The fraction of sp³-hybridized carbons (Fsp3) is 0.755. The van der Waals surface area contributed by atoms with Gasteiger partial charge in [0.05, 0.1) is 6.10 Å². The van der Waals surface area contributed by atoms with Gasteiger partial charge >= 0.3 is 5.97 Å². The minimum absolute atomic E-state index is 0.154. The number of carbonyl (C=O) groups is 1. The summed E-state index contributed by atoms with van der Waals surface area (Å²) >= 11 is 0. The molecule has 0 amide bonds. The SMILES string of the molecule is CC/C=C\C/C=C\C/C=C\C/C=C\C/C=C\CCCC(=O)OCC1OC(OC2CCC3(C)C(=CCC4C3CCC3(C)C(C(C)CCCC(C)C)CCC43)C2)C(O)C(O)C1O. The van der Waals surface area contributed by atoms with Gasteiger partial charge in [-0.15, -0.1) is 0 Å². The maximum absolute atomic E-state index is 12.6. The molecule has 0 radical (unpaired) electrons. The molecule has 1 aliphatic heterocycles. The number of hydrogen-bond acceptors (Lipinski definition) is 7. The molecule has 5 aliphatic rings. The standard InChI is InChI=1S/C53H84O7/c1-7-8-9-10-11-12-13-14-15-16-17-18-19-20-21-22-23-27-47(54)58-37-46-48(55)49(56)50(57)51(60-46)59-41-32-34-52(5)40(36-41)28-29-42-44-31-30-43(39(4)26-24-25-38(2)3)53(44,6)35-33-45(42)52/h8-9,11-12,14-15,17-18,20-21,28,38-39,41-46,48-51,55-57H,7,10,13,16,19,22-27,29-37H2,1-6H3/b9-8-,12-11-,15-14-,18-17-,21-20-. The number of ether oxygens (including phenoxy) is 3. The van der Waals surface area contributed by atoms with Crippen LogP contribution in [0.15, 0.2) is 72.4 Å². The van der Waals surface area contributed by atoms with Crippen LogP contribution in [0.2, 0.25) is 0 Å². The molecule has 13 atom stereocenters. The van der Waals surface area contributed by atoms with Gasteiger partial charge in [0, 0.05) is 6.42 Å². The summed E-state index contributed by atoms with van der Waals surface area (Å²) in [5, 5.41) is 32.5. The zero-order chi connectivity index (χ0) is 43.1. The molecule has 0 spiro atoms. The van der Waals surface area contributed by atoms with Crippen molar-refractivity contribution in [1.29, 1.82) is 0 Å². The third-order valence-corrected chi connectivity index (χ3v) is 15.6. The lowest BCUT2D eigenvalue weighted by atomic mass is 9.47. The van der Waals surface area contributed by atoms with Gasteiger partial charge in [-0.1, -0.05) is 133 Å². The lowest BCUT2D eigenvalue weighted by Crippen LogP contribution is -2.60. The highest BCUT2D eigenvalue weighted by Crippen LogP contribution is 2.67. The summed E-state index contributed by atoms with van der Waals surface area (Å²) in [5.41, 5.74) is 2.11. The van der Waals surface area contributed by atoms with Crippen molar-refractivity contribution in [3.8, 4) is 0 Å². The van der Waals surface area contributed by atoms with Crippen LogP contribution in [0, 0.1) is 46.3 Å². The van der Waals surface area contributed by atoms with Gasteiger partial charge in [-0.25, -0.2) is 0 Å². The summed E-state index contributed by atoms with van der Waals surface area (Å²) in [6.07, 6.45) is 37.5. The molecule has 1 heterocycles. The van der Waals surface area contributed by atoms with E-state index in [4.69, 9.17) is 14.2 Å². The van der Waals surface area contributed by atoms with Gasteiger partial charge in [0.1, 0.15) is 31.0 Å². The second-order valence-corrected chi connectivity index (χ2v) is 20.1. The molecule has 3 saturated carbocycles. The van der Waals surface area contributed by atoms with Gasteiger partial charge in [0.15, 0.2) is 6.29 Å². The smallest absolute Gasteiger partial charge is 0.305 e. The number of rotatable bonds is 22. The minimum Gasteiger partial charge on any atom is -0.463 e. The third kappa shape index (κ3) is 12.9. The van der Waals surface area contributed by atoms with E-state index >= 15 is 0 Å². The first-order valence-electron chi connectivity index (χ1n) is 24.3. The molecule has 7 heteroatoms. The van der Waals surface area contributed by atoms with Gasteiger partial charge < -0.3 is 29.5 Å². The van der Waals surface area contributed by atoms with Gasteiger partial charge in [0.2, 0.25) is 0 Å². The second-order valence-electron chi connectivity index (χ2n) is 20.1. The van der Waals surface area contributed by atoms with E-state index < -0.39 is 30.7 Å². The third-order valence-electron chi connectivity index (χ3n) is 15.6. The van der Waals surface area contributed by atoms with E-state index in [9.17, 15) is 20.1 Å². The summed E-state index contributed by atoms with van der Waals surface area (Å²) in [7, 11) is 0. The molecule has 0 aromatic heterocycles. The van der Waals surface area contributed by atoms with E-state index in [0.29, 0.717) is 17.8 Å². The van der Waals surface area contributed by atoms with Crippen LogP contribution in [-0.4, -0.2) is 64.7 Å². The Bertz CT molecular complexity index is 1490. The summed E-state index contributed by atoms with van der Waals surface area (Å²) in [5.74, 6) is 4.34. The largest absolute Gasteiger partial charge is 0.463 e. The maximum Gasteiger partial charge on any atom is 0.305 e. The summed E-state index contributed by atoms with van der Waals surface area (Å²) in [6, 6.07) is 0. The van der Waals surface area contributed by atoms with Crippen LogP contribution in [0.1, 0.15) is 164 Å². The molecule has 3 N–H and O–H groups in total. The molecule has 0 bridgehead atoms. The monoisotopic (exact) mass is 833 g/mol. The lowest BCUT2D eigenvalue weighted by Gasteiger charge is -2.58. The van der Waals surface area contributed by atoms with E-state index in [1.165, 1.54) is 50.5 Å². The first-order valence-corrected chi connectivity index (χ1v) is 24.3. The highest BCUT2D eigenvalue weighted by atomic mass is 16.7. The molecule has 0 aromatic rings. The highest BCUT2D eigenvalue weighted by Gasteiger charge is 2.59. The molecule has 13 unspecified atom stereocenters. The van der Waals surface area contributed by atoms with Crippen molar-refractivity contribution in [3.05, 3.63) is 72.4 Å². The molecular formula is C53H84O7. The van der Waals surface area contributed by atoms with Gasteiger partial charge in [-0.2, -0.15) is 0 Å². The summed E-state index contributed by atoms with van der Waals surface area (Å²) < 4.78 is 18.0. The molecule has 4 aliphatic carbocycles. The van der Waals surface area contributed by atoms with Crippen LogP contribution in [0.3, 0.4) is 0 Å². The van der Waals surface area contributed by atoms with Gasteiger partial charge in [0.25, 0.3) is 0 Å². The Morgan fingerprint density at radius 2 is 1.47 bits per heavy atom. The normalized spacial score (nSPS) is 36.4. The van der Waals surface area contributed by atoms with E-state index in [1.54, 1.807) is 0 Å². The Morgan fingerprint density at radius 3 is 2.13 bits per heavy atom. The summed E-state index contributed by atoms with van der Waals surface area (Å²) in [4.78, 5) is 12.6. The van der Waals surface area contributed by atoms with Crippen LogP contribution in [0.25, 0.3) is 0 Å². The second kappa shape index (κ2) is 24.0. The maximum atomic E-state index is 12.6. The van der Waals surface area contributed by atoms with Crippen LogP contribution in [-0.2, 0) is 19.0 Å². The average molecular weight is 833 g/mol. The molecule has 338 valence electrons. The number of fused-ring (bicyclic) bond motifs is 5. The topological polar surface area (TPSA) is 105 Å². The van der Waals surface area contributed by atoms with E-state index in [2.05, 4.69) is 108 Å². The summed E-state index contributed by atoms with van der Waals surface area (Å²) in [6.45, 7) is 14.3. The van der Waals surface area contributed by atoms with Crippen LogP contribution >= 0.6 is 0 Å². The Balaban J connectivity index is 1.02. The lowest BCUT2D eigenvalue weighted by molar-refractivity contribution is -0.313. The van der Waals surface area contributed by atoms with Crippen molar-refractivity contribution in [2.75, 3.05) is 6.61 Å². The van der Waals surface area contributed by atoms with Crippen molar-refractivity contribution in [3.63, 3.8) is 0 Å². The van der Waals surface area contributed by atoms with Crippen molar-refractivity contribution < 1.29 is 34.3 Å². The number of esters is 1. The van der Waals surface area contributed by atoms with Crippen molar-refractivity contribution in [2.24, 2.45) is 46.3 Å². The van der Waals surface area contributed by atoms with Gasteiger partial charge in [-0.3, -0.25) is 4.79 Å².